The van der Waals surface area contributed by atoms with E-state index < -0.39 is 16.0 Å². The highest BCUT2D eigenvalue weighted by molar-refractivity contribution is 7.92. The summed E-state index contributed by atoms with van der Waals surface area (Å²) in [5.41, 5.74) is 0.989. The van der Waals surface area contributed by atoms with Gasteiger partial charge in [-0.25, -0.2) is 9.78 Å². The molecule has 0 amide bonds. The molecular weight excluding hydrogens is 318 g/mol. The molecule has 0 unspecified atom stereocenters. The molecule has 7 nitrogen and oxygen atoms in total. The van der Waals surface area contributed by atoms with Crippen LogP contribution in [0.2, 0.25) is 0 Å². The predicted molar refractivity (Wildman–Crippen MR) is 86.3 cm³/mol. The molecule has 8 heteroatoms. The number of aryl methyl sites for hydroxylation is 1. The summed E-state index contributed by atoms with van der Waals surface area (Å²) in [5.74, 6) is -0.474. The van der Waals surface area contributed by atoms with E-state index in [9.17, 15) is 13.2 Å². The first-order valence-corrected chi connectivity index (χ1v) is 8.67. The second-order valence-corrected chi connectivity index (χ2v) is 7.07. The molecule has 2 rings (SSSR count). The summed E-state index contributed by atoms with van der Waals surface area (Å²) >= 11 is 0. The van der Waals surface area contributed by atoms with Crippen molar-refractivity contribution >= 4 is 21.7 Å². The van der Waals surface area contributed by atoms with Gasteiger partial charge in [0.2, 0.25) is 0 Å². The molecule has 0 aliphatic rings. The van der Waals surface area contributed by atoms with Gasteiger partial charge in [0.05, 0.1) is 17.4 Å². The van der Waals surface area contributed by atoms with Crippen LogP contribution < -0.4 is 4.72 Å². The maximum Gasteiger partial charge on any atom is 0.335 e. The zero-order valence-electron chi connectivity index (χ0n) is 13.1. The normalized spacial score (nSPS) is 11.7. The Morgan fingerprint density at radius 1 is 1.39 bits per heavy atom. The van der Waals surface area contributed by atoms with E-state index in [1.807, 2.05) is 20.8 Å². The number of carbonyl (C=O) groups is 1. The number of benzene rings is 1. The molecule has 124 valence electrons. The lowest BCUT2D eigenvalue weighted by atomic mass is 10.1. The Morgan fingerprint density at radius 2 is 2.09 bits per heavy atom. The van der Waals surface area contributed by atoms with Crippen LogP contribution in [0, 0.1) is 0 Å². The number of hydrogen-bond acceptors (Lipinski definition) is 4. The molecule has 1 aromatic heterocycles. The Hall–Kier alpha value is -2.35. The van der Waals surface area contributed by atoms with Gasteiger partial charge in [-0.05, 0) is 24.1 Å². The van der Waals surface area contributed by atoms with E-state index in [1.54, 1.807) is 6.07 Å². The number of carboxylic acids is 1. The minimum absolute atomic E-state index is 0.0207. The van der Waals surface area contributed by atoms with E-state index in [-0.39, 0.29) is 22.2 Å². The number of anilines is 1. The number of nitrogens with one attached hydrogen (secondary N) is 2. The number of aromatic amines is 1. The van der Waals surface area contributed by atoms with E-state index in [4.69, 9.17) is 5.11 Å². The van der Waals surface area contributed by atoms with Gasteiger partial charge in [0.15, 0.2) is 5.03 Å². The molecule has 23 heavy (non-hydrogen) atoms. The lowest BCUT2D eigenvalue weighted by molar-refractivity contribution is 0.0697. The molecule has 0 atom stereocenters. The summed E-state index contributed by atoms with van der Waals surface area (Å²) in [6, 6.07) is 4.37. The van der Waals surface area contributed by atoms with Crippen molar-refractivity contribution in [1.82, 2.24) is 9.97 Å². The highest BCUT2D eigenvalue weighted by Crippen LogP contribution is 2.22. The van der Waals surface area contributed by atoms with Crippen molar-refractivity contribution in [1.29, 1.82) is 0 Å². The summed E-state index contributed by atoms with van der Waals surface area (Å²) in [6.07, 6.45) is 1.82. The van der Waals surface area contributed by atoms with Crippen LogP contribution in [-0.2, 0) is 16.4 Å². The van der Waals surface area contributed by atoms with Crippen LogP contribution in [0.4, 0.5) is 5.69 Å². The highest BCUT2D eigenvalue weighted by Gasteiger charge is 2.20. The predicted octanol–water partition coefficient (Wildman–Crippen LogP) is 2.59. The summed E-state index contributed by atoms with van der Waals surface area (Å²) in [4.78, 5) is 17.9. The Kier molecular flexibility index (Phi) is 4.74. The fourth-order valence-electron chi connectivity index (χ4n) is 2.06. The first kappa shape index (κ1) is 17.0. The van der Waals surface area contributed by atoms with E-state index in [0.717, 1.165) is 0 Å². The van der Waals surface area contributed by atoms with Crippen molar-refractivity contribution in [3.8, 4) is 0 Å². The van der Waals surface area contributed by atoms with Crippen molar-refractivity contribution in [3.05, 3.63) is 41.3 Å². The van der Waals surface area contributed by atoms with Crippen LogP contribution >= 0.6 is 0 Å². The van der Waals surface area contributed by atoms with Gasteiger partial charge in [0.25, 0.3) is 10.0 Å². The van der Waals surface area contributed by atoms with Gasteiger partial charge in [-0.2, -0.15) is 8.42 Å². The smallest absolute Gasteiger partial charge is 0.335 e. The summed E-state index contributed by atoms with van der Waals surface area (Å²) < 4.78 is 27.4. The van der Waals surface area contributed by atoms with Crippen molar-refractivity contribution in [2.24, 2.45) is 0 Å². The van der Waals surface area contributed by atoms with Crippen LogP contribution in [0.5, 0.6) is 0 Å². The number of nitrogens with zero attached hydrogens (tertiary/aromatic N) is 1. The molecule has 0 aliphatic carbocycles. The molecule has 0 saturated carbocycles. The van der Waals surface area contributed by atoms with E-state index >= 15 is 0 Å². The number of H-pyrrole nitrogens is 1. The molecule has 0 saturated heterocycles. The van der Waals surface area contributed by atoms with Gasteiger partial charge in [-0.3, -0.25) is 4.72 Å². The quantitative estimate of drug-likeness (QED) is 0.750. The lowest BCUT2D eigenvalue weighted by Crippen LogP contribution is -2.15. The molecular formula is C15H19N3O4S. The minimum atomic E-state index is -3.86. The molecule has 0 aliphatic heterocycles. The van der Waals surface area contributed by atoms with Gasteiger partial charge in [0.1, 0.15) is 5.82 Å². The third kappa shape index (κ3) is 3.70. The number of hydrogen-bond donors (Lipinski definition) is 3. The number of sulfonamides is 1. The standard InChI is InChI=1S/C15H19N3O4S/c1-4-10-5-6-11(15(19)20)7-12(10)18-23(21,22)13-8-16-14(17-13)9(2)3/h5-9,18H,4H2,1-3H3,(H,16,17)(H,19,20). The maximum atomic E-state index is 12.5. The lowest BCUT2D eigenvalue weighted by Gasteiger charge is -2.11. The maximum absolute atomic E-state index is 12.5. The Labute approximate surface area is 134 Å². The fourth-order valence-corrected chi connectivity index (χ4v) is 3.08. The van der Waals surface area contributed by atoms with Gasteiger partial charge in [-0.1, -0.05) is 26.8 Å². The highest BCUT2D eigenvalue weighted by atomic mass is 32.2. The van der Waals surface area contributed by atoms with Crippen LogP contribution in [0.25, 0.3) is 0 Å². The number of imidazole rings is 1. The minimum Gasteiger partial charge on any atom is -0.478 e. The first-order valence-electron chi connectivity index (χ1n) is 7.18. The average molecular weight is 337 g/mol. The zero-order valence-corrected chi connectivity index (χ0v) is 13.9. The molecule has 0 spiro atoms. The topological polar surface area (TPSA) is 112 Å². The van der Waals surface area contributed by atoms with Crippen LogP contribution in [0.15, 0.2) is 29.4 Å². The van der Waals surface area contributed by atoms with Crippen LogP contribution in [0.1, 0.15) is 48.4 Å². The van der Waals surface area contributed by atoms with Gasteiger partial charge in [-0.15, -0.1) is 0 Å². The van der Waals surface area contributed by atoms with Crippen molar-refractivity contribution < 1.29 is 18.3 Å². The van der Waals surface area contributed by atoms with Crippen LogP contribution in [0.3, 0.4) is 0 Å². The number of rotatable bonds is 6. The molecule has 0 radical (unpaired) electrons. The zero-order chi connectivity index (χ0) is 17.2. The van der Waals surface area contributed by atoms with Crippen molar-refractivity contribution in [2.75, 3.05) is 4.72 Å². The van der Waals surface area contributed by atoms with Gasteiger partial charge < -0.3 is 10.1 Å². The Morgan fingerprint density at radius 3 is 2.61 bits per heavy atom. The summed E-state index contributed by atoms with van der Waals surface area (Å²) in [5, 5.41) is 9.01. The largest absolute Gasteiger partial charge is 0.478 e. The summed E-state index contributed by atoms with van der Waals surface area (Å²) in [7, 11) is -3.86. The third-order valence-corrected chi connectivity index (χ3v) is 4.67. The first-order chi connectivity index (χ1) is 10.7. The monoisotopic (exact) mass is 337 g/mol. The molecule has 3 N–H and O–H groups in total. The molecule has 0 fully saturated rings. The summed E-state index contributed by atoms with van der Waals surface area (Å²) in [6.45, 7) is 5.66. The van der Waals surface area contributed by atoms with Crippen molar-refractivity contribution in [2.45, 2.75) is 38.1 Å². The number of aromatic nitrogens is 2. The van der Waals surface area contributed by atoms with Crippen LogP contribution in [-0.4, -0.2) is 29.5 Å². The number of carboxylic acid groups (broad SMARTS) is 1. The third-order valence-electron chi connectivity index (χ3n) is 3.39. The van der Waals surface area contributed by atoms with E-state index in [0.29, 0.717) is 17.8 Å². The molecule has 1 aromatic carbocycles. The van der Waals surface area contributed by atoms with Gasteiger partial charge >= 0.3 is 5.97 Å². The fraction of sp³-hybridized carbons (Fsp3) is 0.333. The number of aromatic carboxylic acids is 1. The SMILES string of the molecule is CCc1ccc(C(=O)O)cc1NS(=O)(=O)c1cnc(C(C)C)[nH]1. The van der Waals surface area contributed by atoms with E-state index in [2.05, 4.69) is 14.7 Å². The van der Waals surface area contributed by atoms with Crippen molar-refractivity contribution in [3.63, 3.8) is 0 Å². The van der Waals surface area contributed by atoms with Gasteiger partial charge in [0, 0.05) is 5.92 Å². The van der Waals surface area contributed by atoms with E-state index in [1.165, 1.54) is 18.3 Å². The second-order valence-electron chi connectivity index (χ2n) is 5.42. The Bertz CT molecular complexity index is 825. The molecule has 0 bridgehead atoms. The second kappa shape index (κ2) is 6.41. The molecule has 1 heterocycles. The Balaban J connectivity index is 2.39. The average Bonchev–Trinajstić information content (AvgIpc) is 2.97. The molecule has 2 aromatic rings.